The van der Waals surface area contributed by atoms with Gasteiger partial charge in [-0.05, 0) is 30.9 Å². The Morgan fingerprint density at radius 1 is 1.22 bits per heavy atom. The van der Waals surface area contributed by atoms with Crippen molar-refractivity contribution in [2.24, 2.45) is 5.92 Å². The number of unbranched alkanes of at least 4 members (excludes halogenated alkanes) is 1. The number of nitro groups is 1. The fourth-order valence-electron chi connectivity index (χ4n) is 1.68. The molecule has 0 spiro atoms. The molecule has 147 valence electrons. The van der Waals surface area contributed by atoms with E-state index < -0.39 is 22.0 Å². The number of hydrogen-bond acceptors (Lipinski definition) is 7. The molecule has 3 N–H and O–H groups in total. The number of hydrogen-bond donors (Lipinski definition) is 2. The average molecular weight is 460 g/mol. The Kier molecular flexibility index (Phi) is 14.7. The van der Waals surface area contributed by atoms with E-state index in [1.807, 2.05) is 0 Å². The van der Waals surface area contributed by atoms with Gasteiger partial charge in [0.1, 0.15) is 5.75 Å². The van der Waals surface area contributed by atoms with Gasteiger partial charge in [-0.3, -0.25) is 10.1 Å². The predicted molar refractivity (Wildman–Crippen MR) is 88.2 cm³/mol. The van der Waals surface area contributed by atoms with Gasteiger partial charge in [-0.25, -0.2) is 4.79 Å². The van der Waals surface area contributed by atoms with Crippen molar-refractivity contribution in [1.82, 2.24) is 5.32 Å². The fourth-order valence-corrected chi connectivity index (χ4v) is 1.68. The Labute approximate surface area is 179 Å². The van der Waals surface area contributed by atoms with E-state index in [1.165, 1.54) is 24.3 Å². The Morgan fingerprint density at radius 2 is 1.74 bits per heavy atom. The summed E-state index contributed by atoms with van der Waals surface area (Å²) in [5.41, 5.74) is 6.85. The molecule has 1 atom stereocenters. The van der Waals surface area contributed by atoms with E-state index in [2.05, 4.69) is 5.32 Å². The molecule has 0 aliphatic heterocycles. The van der Waals surface area contributed by atoms with E-state index in [0.29, 0.717) is 19.4 Å². The standard InChI is InChI=1S/C14H19N3O5.HNO3.Y/c1-10(13(15)18)4-2-3-9-16-14(19)22-12-7-5-11(6-8-12)17(20)21;2-1(3)4;/h5-8,10H,2-4,9H2,1H3,(H3,15,16,18,19);(H,2,3,4);/p-1. The van der Waals surface area contributed by atoms with E-state index in [9.17, 15) is 19.7 Å². The second-order valence-corrected chi connectivity index (χ2v) is 5.07. The summed E-state index contributed by atoms with van der Waals surface area (Å²) in [6.45, 7) is 2.09. The van der Waals surface area contributed by atoms with Crippen molar-refractivity contribution >= 4 is 17.7 Å². The van der Waals surface area contributed by atoms with Crippen LogP contribution in [0.15, 0.2) is 24.3 Å². The van der Waals surface area contributed by atoms with Crippen LogP contribution in [0.2, 0.25) is 0 Å². The summed E-state index contributed by atoms with van der Waals surface area (Å²) in [6, 6.07) is 5.20. The van der Waals surface area contributed by atoms with Crippen molar-refractivity contribution < 1.29 is 62.3 Å². The molecular weight excluding hydrogens is 441 g/mol. The number of nitro benzene ring substituents is 1. The van der Waals surface area contributed by atoms with Gasteiger partial charge in [-0.15, -0.1) is 10.1 Å². The van der Waals surface area contributed by atoms with Crippen LogP contribution >= 0.6 is 0 Å². The molecule has 1 rings (SSSR count). The maximum absolute atomic E-state index is 11.5. The normalized spacial score (nSPS) is 10.3. The maximum Gasteiger partial charge on any atom is 0.412 e. The van der Waals surface area contributed by atoms with Crippen LogP contribution in [0.5, 0.6) is 5.75 Å². The van der Waals surface area contributed by atoms with Crippen LogP contribution in [0, 0.1) is 26.1 Å². The molecule has 0 saturated carbocycles. The number of carbonyl (C=O) groups excluding carboxylic acids is 2. The SMILES string of the molecule is CC(CCCCNC(=O)Oc1ccc([N+](=O)[O-])cc1)C([NH-])=O.O=[N+]([O-])O.[Y]. The van der Waals surface area contributed by atoms with Crippen molar-refractivity contribution in [1.29, 1.82) is 0 Å². The Hall–Kier alpha value is -2.34. The molecule has 0 saturated heterocycles. The number of rotatable bonds is 8. The first-order chi connectivity index (χ1) is 12.1. The second kappa shape index (κ2) is 14.8. The summed E-state index contributed by atoms with van der Waals surface area (Å²) in [5.74, 6) is -0.644. The molecule has 0 aliphatic carbocycles. The van der Waals surface area contributed by atoms with Gasteiger partial charge < -0.3 is 25.8 Å². The smallest absolute Gasteiger partial charge is 0.412 e. The van der Waals surface area contributed by atoms with Crippen molar-refractivity contribution in [3.63, 3.8) is 0 Å². The summed E-state index contributed by atoms with van der Waals surface area (Å²) in [6.07, 6.45) is 1.37. The molecule has 0 aromatic heterocycles. The molecule has 0 fully saturated rings. The van der Waals surface area contributed by atoms with Crippen LogP contribution in [0.1, 0.15) is 26.2 Å². The predicted octanol–water partition coefficient (Wildman–Crippen LogP) is 2.72. The van der Waals surface area contributed by atoms with Crippen LogP contribution in [-0.4, -0.2) is 33.8 Å². The van der Waals surface area contributed by atoms with E-state index in [4.69, 9.17) is 25.8 Å². The third kappa shape index (κ3) is 14.5. The van der Waals surface area contributed by atoms with E-state index in [1.54, 1.807) is 6.92 Å². The zero-order chi connectivity index (χ0) is 20.1. The fraction of sp³-hybridized carbons (Fsp3) is 0.429. The molecule has 13 heteroatoms. The number of nitrogens with zero attached hydrogens (tertiary/aromatic N) is 2. The summed E-state index contributed by atoms with van der Waals surface area (Å²) < 4.78 is 4.96. The van der Waals surface area contributed by atoms with Crippen molar-refractivity contribution in [3.05, 3.63) is 50.2 Å². The maximum atomic E-state index is 11.5. The summed E-state index contributed by atoms with van der Waals surface area (Å²) in [7, 11) is 0. The van der Waals surface area contributed by atoms with Gasteiger partial charge in [-0.1, -0.05) is 13.3 Å². The molecule has 1 aromatic carbocycles. The Bertz CT molecular complexity index is 622. The van der Waals surface area contributed by atoms with Crippen molar-refractivity contribution in [2.75, 3.05) is 6.54 Å². The van der Waals surface area contributed by atoms with Gasteiger partial charge in [0.15, 0.2) is 0 Å². The molecule has 0 aliphatic rings. The minimum Gasteiger partial charge on any atom is -0.668 e. The monoisotopic (exact) mass is 460 g/mol. The Morgan fingerprint density at radius 3 is 2.19 bits per heavy atom. The van der Waals surface area contributed by atoms with Crippen LogP contribution in [0.3, 0.4) is 0 Å². The number of non-ortho nitro benzene ring substituents is 1. The molecule has 1 radical (unpaired) electrons. The van der Waals surface area contributed by atoms with Gasteiger partial charge in [0.25, 0.3) is 10.8 Å². The topological polar surface area (TPSA) is 186 Å². The van der Waals surface area contributed by atoms with Gasteiger partial charge in [0.2, 0.25) is 0 Å². The van der Waals surface area contributed by atoms with E-state index in [-0.39, 0.29) is 50.1 Å². The second-order valence-electron chi connectivity index (χ2n) is 5.07. The van der Waals surface area contributed by atoms with E-state index >= 15 is 0 Å². The first-order valence-corrected chi connectivity index (χ1v) is 7.42. The number of benzene rings is 1. The summed E-state index contributed by atoms with van der Waals surface area (Å²) >= 11 is 0. The number of ether oxygens (including phenoxy) is 1. The third-order valence-electron chi connectivity index (χ3n) is 3.04. The number of amides is 2. The van der Waals surface area contributed by atoms with Crippen LogP contribution in [0.4, 0.5) is 10.5 Å². The molecule has 1 aromatic rings. The van der Waals surface area contributed by atoms with E-state index in [0.717, 1.165) is 6.42 Å². The number of nitrogens with one attached hydrogen (secondary N) is 2. The van der Waals surface area contributed by atoms with Gasteiger partial charge >= 0.3 is 6.09 Å². The first kappa shape index (κ1) is 26.9. The molecule has 0 heterocycles. The van der Waals surface area contributed by atoms with Gasteiger partial charge in [-0.2, -0.15) is 0 Å². The minimum absolute atomic E-state index is 0. The van der Waals surface area contributed by atoms with Crippen LogP contribution < -0.4 is 10.1 Å². The van der Waals surface area contributed by atoms with Gasteiger partial charge in [0, 0.05) is 51.4 Å². The minimum atomic E-state index is -1.50. The first-order valence-electron chi connectivity index (χ1n) is 7.42. The zero-order valence-electron chi connectivity index (χ0n) is 14.5. The van der Waals surface area contributed by atoms with Crippen LogP contribution in [-0.2, 0) is 37.5 Å². The largest absolute Gasteiger partial charge is 0.668 e. The van der Waals surface area contributed by atoms with Crippen LogP contribution in [0.25, 0.3) is 5.73 Å². The quantitative estimate of drug-likeness (QED) is 0.337. The zero-order valence-corrected chi connectivity index (χ0v) is 17.3. The van der Waals surface area contributed by atoms with Gasteiger partial charge in [0.05, 0.1) is 10.8 Å². The number of carbonyl (C=O) groups is 2. The summed E-state index contributed by atoms with van der Waals surface area (Å²) in [5, 5.41) is 26.7. The third-order valence-corrected chi connectivity index (χ3v) is 3.04. The molecule has 1 unspecified atom stereocenters. The van der Waals surface area contributed by atoms with Crippen molar-refractivity contribution in [2.45, 2.75) is 26.2 Å². The molecule has 0 bridgehead atoms. The van der Waals surface area contributed by atoms with Crippen molar-refractivity contribution in [3.8, 4) is 5.75 Å². The molecule has 27 heavy (non-hydrogen) atoms. The molecular formula is C14H19N4O8Y-. The summed E-state index contributed by atoms with van der Waals surface area (Å²) in [4.78, 5) is 40.5. The molecule has 2 amide bonds. The Balaban J connectivity index is 0. The molecule has 12 nitrogen and oxygen atoms in total. The average Bonchev–Trinajstić information content (AvgIpc) is 2.54.